The molecule has 0 amide bonds. The summed E-state index contributed by atoms with van der Waals surface area (Å²) in [5.41, 5.74) is 0.536. The second-order valence-corrected chi connectivity index (χ2v) is 5.02. The van der Waals surface area contributed by atoms with E-state index in [0.29, 0.717) is 16.6 Å². The van der Waals surface area contributed by atoms with E-state index in [1.54, 1.807) is 0 Å². The first-order valence-corrected chi connectivity index (χ1v) is 6.59. The fraction of sp³-hybridized carbons (Fsp3) is 0.500. The Bertz CT molecular complexity index is 437. The highest BCUT2D eigenvalue weighted by Crippen LogP contribution is 2.37. The highest BCUT2D eigenvalue weighted by Gasteiger charge is 2.20. The molecule has 1 aliphatic heterocycles. The summed E-state index contributed by atoms with van der Waals surface area (Å²) < 4.78 is 19.0. The highest BCUT2D eigenvalue weighted by molar-refractivity contribution is 9.10. The molecule has 18 heavy (non-hydrogen) atoms. The predicted octanol–water partition coefficient (Wildman–Crippen LogP) is 1.71. The number of nitrogens with one attached hydrogen (secondary N) is 1. The molecule has 1 heterocycles. The van der Waals surface area contributed by atoms with Crippen LogP contribution in [0.3, 0.4) is 0 Å². The number of benzene rings is 1. The number of phenolic OH excluding ortho intramolecular Hbond substituents is 1. The van der Waals surface area contributed by atoms with Crippen LogP contribution in [0.1, 0.15) is 5.56 Å². The Morgan fingerprint density at radius 3 is 2.78 bits per heavy atom. The van der Waals surface area contributed by atoms with Crippen LogP contribution < -0.4 is 10.1 Å². The molecular weight excluding hydrogens is 303 g/mol. The summed E-state index contributed by atoms with van der Waals surface area (Å²) in [6.45, 7) is 4.08. The van der Waals surface area contributed by atoms with Gasteiger partial charge in [0.15, 0.2) is 11.5 Å². The number of nitrogens with zero attached hydrogens (tertiary/aromatic N) is 1. The molecule has 1 fully saturated rings. The molecule has 4 nitrogen and oxygen atoms in total. The summed E-state index contributed by atoms with van der Waals surface area (Å²) in [6, 6.07) is 1.18. The fourth-order valence-electron chi connectivity index (χ4n) is 2.04. The Kier molecular flexibility index (Phi) is 4.42. The lowest BCUT2D eigenvalue weighted by Gasteiger charge is -2.28. The maximum absolute atomic E-state index is 13.7. The molecule has 6 heteroatoms. The molecule has 0 unspecified atom stereocenters. The molecule has 0 radical (unpaired) electrons. The maximum atomic E-state index is 13.7. The maximum Gasteiger partial charge on any atom is 0.163 e. The van der Waals surface area contributed by atoms with Gasteiger partial charge in [-0.05, 0) is 15.9 Å². The van der Waals surface area contributed by atoms with Crippen LogP contribution in [0.5, 0.6) is 11.5 Å². The van der Waals surface area contributed by atoms with Crippen LogP contribution in [0.2, 0.25) is 0 Å². The molecule has 0 spiro atoms. The number of ether oxygens (including phenoxy) is 1. The lowest BCUT2D eigenvalue weighted by molar-refractivity contribution is 0.228. The Hall–Kier alpha value is -0.850. The van der Waals surface area contributed by atoms with Gasteiger partial charge in [-0.15, -0.1) is 0 Å². The average Bonchev–Trinajstić information content (AvgIpc) is 2.40. The van der Waals surface area contributed by atoms with Crippen molar-refractivity contribution in [1.29, 1.82) is 0 Å². The first-order chi connectivity index (χ1) is 8.63. The normalized spacial score (nSPS) is 16.8. The van der Waals surface area contributed by atoms with Crippen molar-refractivity contribution in [2.24, 2.45) is 0 Å². The molecule has 0 aliphatic carbocycles. The van der Waals surface area contributed by atoms with Crippen molar-refractivity contribution in [2.45, 2.75) is 6.54 Å². The van der Waals surface area contributed by atoms with E-state index in [2.05, 4.69) is 26.1 Å². The minimum atomic E-state index is -0.421. The van der Waals surface area contributed by atoms with Crippen molar-refractivity contribution in [3.63, 3.8) is 0 Å². The third-order valence-corrected chi connectivity index (χ3v) is 3.92. The Labute approximate surface area is 114 Å². The standard InChI is InChI=1S/C12H16BrFN2O2/c1-18-10-6-9(14)11(13)8(12(10)17)7-16-4-2-15-3-5-16/h6,15,17H,2-5,7H2,1H3. The minimum absolute atomic E-state index is 0.00399. The van der Waals surface area contributed by atoms with Gasteiger partial charge in [-0.3, -0.25) is 4.90 Å². The Morgan fingerprint density at radius 2 is 2.17 bits per heavy atom. The zero-order valence-electron chi connectivity index (χ0n) is 10.2. The van der Waals surface area contributed by atoms with Crippen LogP contribution in [0.15, 0.2) is 10.5 Å². The molecule has 0 atom stereocenters. The van der Waals surface area contributed by atoms with Crippen LogP contribution in [-0.2, 0) is 6.54 Å². The number of halogens is 2. The largest absolute Gasteiger partial charge is 0.504 e. The molecule has 2 N–H and O–H groups in total. The van der Waals surface area contributed by atoms with Crippen molar-refractivity contribution >= 4 is 15.9 Å². The van der Waals surface area contributed by atoms with E-state index in [4.69, 9.17) is 4.74 Å². The van der Waals surface area contributed by atoms with Crippen molar-refractivity contribution in [2.75, 3.05) is 33.3 Å². The average molecular weight is 319 g/mol. The predicted molar refractivity (Wildman–Crippen MR) is 70.5 cm³/mol. The highest BCUT2D eigenvalue weighted by atomic mass is 79.9. The van der Waals surface area contributed by atoms with Gasteiger partial charge in [0.25, 0.3) is 0 Å². The van der Waals surface area contributed by atoms with Crippen molar-refractivity contribution in [3.8, 4) is 11.5 Å². The second-order valence-electron chi connectivity index (χ2n) is 4.23. The van der Waals surface area contributed by atoms with Gasteiger partial charge in [-0.1, -0.05) is 0 Å². The Morgan fingerprint density at radius 1 is 1.50 bits per heavy atom. The molecule has 0 bridgehead atoms. The first-order valence-electron chi connectivity index (χ1n) is 5.80. The minimum Gasteiger partial charge on any atom is -0.504 e. The molecule has 0 aromatic heterocycles. The van der Waals surface area contributed by atoms with Crippen LogP contribution in [0.4, 0.5) is 4.39 Å². The van der Waals surface area contributed by atoms with Gasteiger partial charge in [0.05, 0.1) is 11.6 Å². The van der Waals surface area contributed by atoms with Crippen LogP contribution >= 0.6 is 15.9 Å². The van der Waals surface area contributed by atoms with E-state index in [9.17, 15) is 9.50 Å². The lowest BCUT2D eigenvalue weighted by atomic mass is 10.1. The zero-order chi connectivity index (χ0) is 13.1. The third kappa shape index (κ3) is 2.76. The van der Waals surface area contributed by atoms with Gasteiger partial charge >= 0.3 is 0 Å². The third-order valence-electron chi connectivity index (χ3n) is 3.06. The van der Waals surface area contributed by atoms with Crippen LogP contribution in [-0.4, -0.2) is 43.3 Å². The summed E-state index contributed by atoms with van der Waals surface area (Å²) in [5, 5.41) is 13.3. The first kappa shape index (κ1) is 13.6. The topological polar surface area (TPSA) is 44.7 Å². The molecule has 100 valence electrons. The molecule has 1 saturated heterocycles. The number of hydrogen-bond donors (Lipinski definition) is 2. The molecular formula is C12H16BrFN2O2. The lowest BCUT2D eigenvalue weighted by Crippen LogP contribution is -2.42. The summed E-state index contributed by atoms with van der Waals surface area (Å²) in [5.74, 6) is -0.250. The SMILES string of the molecule is COc1cc(F)c(Br)c(CN2CCNCC2)c1O. The number of methoxy groups -OCH3 is 1. The molecule has 1 aliphatic rings. The summed E-state index contributed by atoms with van der Waals surface area (Å²) in [6.07, 6.45) is 0. The molecule has 2 rings (SSSR count). The number of hydrogen-bond acceptors (Lipinski definition) is 4. The fourth-order valence-corrected chi connectivity index (χ4v) is 2.46. The van der Waals surface area contributed by atoms with Crippen molar-refractivity contribution in [1.82, 2.24) is 10.2 Å². The number of piperazine rings is 1. The van der Waals surface area contributed by atoms with E-state index in [-0.39, 0.29) is 11.5 Å². The van der Waals surface area contributed by atoms with Gasteiger partial charge < -0.3 is 15.2 Å². The van der Waals surface area contributed by atoms with Gasteiger partial charge in [-0.2, -0.15) is 0 Å². The van der Waals surface area contributed by atoms with Crippen molar-refractivity contribution < 1.29 is 14.2 Å². The quantitative estimate of drug-likeness (QED) is 0.890. The van der Waals surface area contributed by atoms with Crippen LogP contribution in [0.25, 0.3) is 0 Å². The summed E-state index contributed by atoms with van der Waals surface area (Å²) >= 11 is 3.19. The number of rotatable bonds is 3. The molecule has 1 aromatic carbocycles. The van der Waals surface area contributed by atoms with E-state index in [0.717, 1.165) is 26.2 Å². The van der Waals surface area contributed by atoms with Gasteiger partial charge in [0, 0.05) is 44.4 Å². The number of phenols is 1. The monoisotopic (exact) mass is 318 g/mol. The van der Waals surface area contributed by atoms with Crippen molar-refractivity contribution in [3.05, 3.63) is 21.9 Å². The molecule has 1 aromatic rings. The van der Waals surface area contributed by atoms with E-state index < -0.39 is 5.82 Å². The second kappa shape index (κ2) is 5.86. The van der Waals surface area contributed by atoms with Gasteiger partial charge in [0.1, 0.15) is 5.82 Å². The summed E-state index contributed by atoms with van der Waals surface area (Å²) in [7, 11) is 1.41. The smallest absolute Gasteiger partial charge is 0.163 e. The van der Waals surface area contributed by atoms with E-state index in [1.165, 1.54) is 13.2 Å². The molecule has 0 saturated carbocycles. The summed E-state index contributed by atoms with van der Waals surface area (Å²) in [4.78, 5) is 2.16. The van der Waals surface area contributed by atoms with Gasteiger partial charge in [0.2, 0.25) is 0 Å². The van der Waals surface area contributed by atoms with E-state index in [1.807, 2.05) is 0 Å². The van der Waals surface area contributed by atoms with Gasteiger partial charge in [-0.25, -0.2) is 4.39 Å². The van der Waals surface area contributed by atoms with Crippen LogP contribution in [0, 0.1) is 5.82 Å². The number of aromatic hydroxyl groups is 1. The zero-order valence-corrected chi connectivity index (χ0v) is 11.8. The van der Waals surface area contributed by atoms with E-state index >= 15 is 0 Å². The Balaban J connectivity index is 2.27.